The van der Waals surface area contributed by atoms with Gasteiger partial charge in [-0.05, 0) is 24.3 Å². The van der Waals surface area contributed by atoms with Gasteiger partial charge in [0.05, 0.1) is 22.4 Å². The highest BCUT2D eigenvalue weighted by molar-refractivity contribution is 6.31. The molecule has 2 aromatic heterocycles. The van der Waals surface area contributed by atoms with Crippen molar-refractivity contribution >= 4 is 28.5 Å². The molecule has 6 heteroatoms. The second kappa shape index (κ2) is 4.61. The van der Waals surface area contributed by atoms with Crippen molar-refractivity contribution in [3.63, 3.8) is 0 Å². The van der Waals surface area contributed by atoms with Gasteiger partial charge in [-0.25, -0.2) is 14.2 Å². The van der Waals surface area contributed by atoms with E-state index in [1.54, 1.807) is 12.1 Å². The Bertz CT molecular complexity index is 815. The Morgan fingerprint density at radius 3 is 2.80 bits per heavy atom. The molecule has 0 amide bonds. The number of hydrogen-bond donors (Lipinski definition) is 1. The number of halogens is 2. The quantitative estimate of drug-likeness (QED) is 0.775. The molecule has 3 aromatic rings. The molecule has 3 rings (SSSR count). The van der Waals surface area contributed by atoms with Crippen molar-refractivity contribution < 1.29 is 18.7 Å². The maximum atomic E-state index is 13.5. The van der Waals surface area contributed by atoms with E-state index in [1.165, 1.54) is 18.4 Å². The van der Waals surface area contributed by atoms with Gasteiger partial charge in [-0.3, -0.25) is 0 Å². The van der Waals surface area contributed by atoms with Gasteiger partial charge in [0.2, 0.25) is 0 Å². The fourth-order valence-electron chi connectivity index (χ4n) is 1.95. The molecule has 0 spiro atoms. The minimum atomic E-state index is -1.15. The molecular weight excluding hydrogens is 285 g/mol. The molecule has 0 saturated heterocycles. The number of aromatic nitrogens is 1. The summed E-state index contributed by atoms with van der Waals surface area (Å²) in [4.78, 5) is 15.5. The maximum Gasteiger partial charge on any atom is 0.336 e. The van der Waals surface area contributed by atoms with E-state index in [4.69, 9.17) is 16.0 Å². The highest BCUT2D eigenvalue weighted by atomic mass is 35.5. The summed E-state index contributed by atoms with van der Waals surface area (Å²) in [5.74, 6) is -1.39. The van der Waals surface area contributed by atoms with Crippen LogP contribution in [0.15, 0.2) is 41.0 Å². The minimum Gasteiger partial charge on any atom is -0.478 e. The number of carboxylic acids is 1. The summed E-state index contributed by atoms with van der Waals surface area (Å²) in [7, 11) is 0. The molecule has 0 unspecified atom stereocenters. The molecule has 0 bridgehead atoms. The molecule has 0 radical (unpaired) electrons. The Hall–Kier alpha value is -2.40. The number of rotatable bonds is 2. The number of aromatic carboxylic acids is 1. The molecule has 1 aromatic carbocycles. The van der Waals surface area contributed by atoms with E-state index in [9.17, 15) is 14.3 Å². The molecule has 0 aliphatic rings. The Labute approximate surface area is 117 Å². The van der Waals surface area contributed by atoms with Crippen molar-refractivity contribution in [3.05, 3.63) is 53.0 Å². The Morgan fingerprint density at radius 1 is 1.35 bits per heavy atom. The van der Waals surface area contributed by atoms with E-state index in [0.717, 1.165) is 6.07 Å². The third kappa shape index (κ3) is 2.02. The molecule has 0 fully saturated rings. The van der Waals surface area contributed by atoms with Gasteiger partial charge in [-0.2, -0.15) is 0 Å². The van der Waals surface area contributed by atoms with Gasteiger partial charge in [-0.15, -0.1) is 0 Å². The molecule has 4 nitrogen and oxygen atoms in total. The van der Waals surface area contributed by atoms with E-state index in [1.807, 2.05) is 0 Å². The van der Waals surface area contributed by atoms with Gasteiger partial charge in [-0.1, -0.05) is 11.6 Å². The predicted octanol–water partition coefficient (Wildman–Crippen LogP) is 3.99. The standard InChI is InChI=1S/C14H7ClFNO3/c15-9-4-7-8(14(18)19)5-12(13-2-1-3-20-13)17-11(7)6-10(9)16/h1-6H,(H,18,19). The van der Waals surface area contributed by atoms with Gasteiger partial charge in [0, 0.05) is 11.5 Å². The molecule has 100 valence electrons. The first-order valence-corrected chi connectivity index (χ1v) is 6.01. The summed E-state index contributed by atoms with van der Waals surface area (Å²) in [6, 6.07) is 7.04. The zero-order valence-electron chi connectivity index (χ0n) is 9.93. The van der Waals surface area contributed by atoms with Crippen molar-refractivity contribution in [2.45, 2.75) is 0 Å². The fourth-order valence-corrected chi connectivity index (χ4v) is 2.11. The van der Waals surface area contributed by atoms with Crippen LogP contribution >= 0.6 is 11.6 Å². The van der Waals surface area contributed by atoms with E-state index >= 15 is 0 Å². The second-order valence-corrected chi connectivity index (χ2v) is 4.53. The van der Waals surface area contributed by atoms with Crippen molar-refractivity contribution in [1.82, 2.24) is 4.98 Å². The maximum absolute atomic E-state index is 13.5. The van der Waals surface area contributed by atoms with Crippen LogP contribution in [-0.2, 0) is 0 Å². The van der Waals surface area contributed by atoms with Crippen molar-refractivity contribution in [3.8, 4) is 11.5 Å². The molecule has 0 aliphatic heterocycles. The predicted molar refractivity (Wildman–Crippen MR) is 71.4 cm³/mol. The van der Waals surface area contributed by atoms with Crippen molar-refractivity contribution in [1.29, 1.82) is 0 Å². The van der Waals surface area contributed by atoms with Crippen LogP contribution in [-0.4, -0.2) is 16.1 Å². The number of carbonyl (C=O) groups is 1. The first kappa shape index (κ1) is 12.6. The molecule has 1 N–H and O–H groups in total. The van der Waals surface area contributed by atoms with Crippen LogP contribution in [0.25, 0.3) is 22.4 Å². The molecule has 0 atom stereocenters. The topological polar surface area (TPSA) is 63.3 Å². The molecule has 0 saturated carbocycles. The van der Waals surface area contributed by atoms with Crippen LogP contribution in [0.2, 0.25) is 5.02 Å². The monoisotopic (exact) mass is 291 g/mol. The smallest absolute Gasteiger partial charge is 0.336 e. The molecule has 2 heterocycles. The zero-order chi connectivity index (χ0) is 14.3. The van der Waals surface area contributed by atoms with Crippen LogP contribution in [0.3, 0.4) is 0 Å². The third-order valence-electron chi connectivity index (χ3n) is 2.85. The summed E-state index contributed by atoms with van der Waals surface area (Å²) in [5, 5.41) is 9.40. The van der Waals surface area contributed by atoms with Crippen LogP contribution < -0.4 is 0 Å². The minimum absolute atomic E-state index is 0.0108. The zero-order valence-corrected chi connectivity index (χ0v) is 10.7. The molecule has 0 aliphatic carbocycles. The lowest BCUT2D eigenvalue weighted by molar-refractivity contribution is 0.0699. The summed E-state index contributed by atoms with van der Waals surface area (Å²) in [5.41, 5.74) is 0.517. The van der Waals surface area contributed by atoms with E-state index in [2.05, 4.69) is 4.98 Å². The first-order chi connectivity index (χ1) is 9.56. The summed E-state index contributed by atoms with van der Waals surface area (Å²) >= 11 is 5.69. The SMILES string of the molecule is O=C(O)c1cc(-c2ccco2)nc2cc(F)c(Cl)cc12. The number of pyridine rings is 1. The lowest BCUT2D eigenvalue weighted by Gasteiger charge is -2.06. The van der Waals surface area contributed by atoms with Gasteiger partial charge in [0.25, 0.3) is 0 Å². The van der Waals surface area contributed by atoms with Crippen molar-refractivity contribution in [2.24, 2.45) is 0 Å². The van der Waals surface area contributed by atoms with Gasteiger partial charge >= 0.3 is 5.97 Å². The number of nitrogens with zero attached hydrogens (tertiary/aromatic N) is 1. The Balaban J connectivity index is 2.36. The van der Waals surface area contributed by atoms with Crippen LogP contribution in [0, 0.1) is 5.82 Å². The lowest BCUT2D eigenvalue weighted by Crippen LogP contribution is -2.00. The first-order valence-electron chi connectivity index (χ1n) is 5.63. The van der Waals surface area contributed by atoms with E-state index in [0.29, 0.717) is 11.5 Å². The average Bonchev–Trinajstić information content (AvgIpc) is 2.92. The number of benzene rings is 1. The highest BCUT2D eigenvalue weighted by Crippen LogP contribution is 2.28. The highest BCUT2D eigenvalue weighted by Gasteiger charge is 2.16. The normalized spacial score (nSPS) is 10.9. The number of carboxylic acid groups (broad SMARTS) is 1. The number of hydrogen-bond acceptors (Lipinski definition) is 3. The van der Waals surface area contributed by atoms with Crippen LogP contribution in [0.5, 0.6) is 0 Å². The van der Waals surface area contributed by atoms with Crippen LogP contribution in [0.4, 0.5) is 4.39 Å². The van der Waals surface area contributed by atoms with E-state index < -0.39 is 11.8 Å². The van der Waals surface area contributed by atoms with Crippen LogP contribution in [0.1, 0.15) is 10.4 Å². The van der Waals surface area contributed by atoms with Gasteiger partial charge in [0.1, 0.15) is 11.5 Å². The second-order valence-electron chi connectivity index (χ2n) is 4.12. The average molecular weight is 292 g/mol. The molecule has 20 heavy (non-hydrogen) atoms. The third-order valence-corrected chi connectivity index (χ3v) is 3.14. The van der Waals surface area contributed by atoms with Gasteiger partial charge < -0.3 is 9.52 Å². The Kier molecular flexibility index (Phi) is 2.91. The van der Waals surface area contributed by atoms with Gasteiger partial charge in [0.15, 0.2) is 5.76 Å². The number of furan rings is 1. The lowest BCUT2D eigenvalue weighted by atomic mass is 10.1. The Morgan fingerprint density at radius 2 is 2.15 bits per heavy atom. The van der Waals surface area contributed by atoms with Crippen molar-refractivity contribution in [2.75, 3.05) is 0 Å². The fraction of sp³-hybridized carbons (Fsp3) is 0. The summed E-state index contributed by atoms with van der Waals surface area (Å²) in [6.45, 7) is 0. The molecular formula is C14H7ClFNO3. The largest absolute Gasteiger partial charge is 0.478 e. The number of fused-ring (bicyclic) bond motifs is 1. The summed E-state index contributed by atoms with van der Waals surface area (Å²) in [6.07, 6.45) is 1.45. The van der Waals surface area contributed by atoms with E-state index in [-0.39, 0.29) is 21.5 Å². The summed E-state index contributed by atoms with van der Waals surface area (Å²) < 4.78 is 18.7.